The van der Waals surface area contributed by atoms with Crippen LogP contribution < -0.4 is 14.8 Å². The number of amides is 1. The van der Waals surface area contributed by atoms with E-state index in [9.17, 15) is 28.8 Å². The summed E-state index contributed by atoms with van der Waals surface area (Å²) in [6, 6.07) is 27.9. The van der Waals surface area contributed by atoms with Gasteiger partial charge in [0.25, 0.3) is 0 Å². The van der Waals surface area contributed by atoms with E-state index in [1.807, 2.05) is 6.07 Å². The zero-order valence-corrected chi connectivity index (χ0v) is 32.3. The van der Waals surface area contributed by atoms with Gasteiger partial charge in [-0.3, -0.25) is 0 Å². The molecule has 294 valence electrons. The van der Waals surface area contributed by atoms with Crippen LogP contribution in [-0.4, -0.2) is 58.8 Å². The first-order valence-electron chi connectivity index (χ1n) is 17.7. The van der Waals surface area contributed by atoms with Gasteiger partial charge in [-0.25, -0.2) is 28.8 Å². The van der Waals surface area contributed by atoms with Crippen LogP contribution in [0.3, 0.4) is 0 Å². The maximum absolute atomic E-state index is 13.4. The Morgan fingerprint density at radius 3 is 1.52 bits per heavy atom. The molecule has 0 heterocycles. The van der Waals surface area contributed by atoms with Gasteiger partial charge in [0.15, 0.2) is 11.5 Å². The average molecular weight is 768 g/mol. The third kappa shape index (κ3) is 12.5. The normalized spacial score (nSPS) is 12.0. The lowest BCUT2D eigenvalue weighted by Crippen LogP contribution is -2.45. The standard InChI is InChI=1S/C43H45NO12/c1-41(2,3)56-40(50)44-32(37(47)51-27-28-17-11-8-12-18-28)25-29-23-24-33(54-42(4,5)38(48)52-35(45)30-19-13-9-14-20-30)34(26-29)55-43(6,7)39(49)53-36(46)31-21-15-10-16-22-31/h8-24,26,32H,25,27H2,1-7H3,(H,44,50)/t32-/m0/s1. The molecule has 0 aromatic heterocycles. The van der Waals surface area contributed by atoms with Crippen LogP contribution in [0.5, 0.6) is 11.5 Å². The first-order valence-corrected chi connectivity index (χ1v) is 17.7. The smallest absolute Gasteiger partial charge is 0.408 e. The quantitative estimate of drug-likeness (QED) is 0.0797. The number of rotatable bonds is 14. The number of carbonyl (C=O) groups excluding carboxylic acids is 6. The number of ether oxygens (including phenoxy) is 6. The van der Waals surface area contributed by atoms with Crippen LogP contribution in [0.2, 0.25) is 0 Å². The van der Waals surface area contributed by atoms with Crippen LogP contribution in [0.25, 0.3) is 0 Å². The molecule has 1 N–H and O–H groups in total. The first-order chi connectivity index (χ1) is 26.3. The second-order valence-corrected chi connectivity index (χ2v) is 14.6. The van der Waals surface area contributed by atoms with Crippen molar-refractivity contribution in [3.63, 3.8) is 0 Å². The van der Waals surface area contributed by atoms with Gasteiger partial charge in [0.2, 0.25) is 11.2 Å². The molecule has 0 radical (unpaired) electrons. The molecule has 4 rings (SSSR count). The summed E-state index contributed by atoms with van der Waals surface area (Å²) >= 11 is 0. The minimum Gasteiger partial charge on any atom is -0.472 e. The second kappa shape index (κ2) is 18.2. The molecule has 56 heavy (non-hydrogen) atoms. The number of hydrogen-bond donors (Lipinski definition) is 1. The van der Waals surface area contributed by atoms with Gasteiger partial charge in [0, 0.05) is 6.42 Å². The van der Waals surface area contributed by atoms with Crippen molar-refractivity contribution in [1.82, 2.24) is 5.32 Å². The monoisotopic (exact) mass is 767 g/mol. The fraction of sp³-hybridized carbons (Fsp3) is 0.302. The van der Waals surface area contributed by atoms with Crippen molar-refractivity contribution in [2.75, 3.05) is 0 Å². The van der Waals surface area contributed by atoms with E-state index in [1.54, 1.807) is 81.4 Å². The van der Waals surface area contributed by atoms with Gasteiger partial charge in [0.1, 0.15) is 18.2 Å². The van der Waals surface area contributed by atoms with Crippen LogP contribution in [0.15, 0.2) is 109 Å². The molecule has 0 saturated carbocycles. The third-order valence-electron chi connectivity index (χ3n) is 7.75. The number of alkyl carbamates (subject to hydrolysis) is 1. The molecule has 0 saturated heterocycles. The number of nitrogens with one attached hydrogen (secondary N) is 1. The predicted octanol–water partition coefficient (Wildman–Crippen LogP) is 6.95. The largest absolute Gasteiger partial charge is 0.472 e. The molecule has 0 aliphatic carbocycles. The molecule has 0 aliphatic heterocycles. The van der Waals surface area contributed by atoms with E-state index in [-0.39, 0.29) is 35.7 Å². The molecule has 0 bridgehead atoms. The summed E-state index contributed by atoms with van der Waals surface area (Å²) < 4.78 is 33.4. The molecular formula is C43H45NO12. The minimum atomic E-state index is -1.84. The summed E-state index contributed by atoms with van der Waals surface area (Å²) in [6.07, 6.45) is -1.02. The summed E-state index contributed by atoms with van der Waals surface area (Å²) in [5.74, 6) is -4.86. The second-order valence-electron chi connectivity index (χ2n) is 14.6. The zero-order valence-electron chi connectivity index (χ0n) is 32.3. The average Bonchev–Trinajstić information content (AvgIpc) is 3.14. The van der Waals surface area contributed by atoms with Gasteiger partial charge in [-0.2, -0.15) is 0 Å². The van der Waals surface area contributed by atoms with Crippen molar-refractivity contribution in [2.45, 2.75) is 84.3 Å². The maximum Gasteiger partial charge on any atom is 0.408 e. The summed E-state index contributed by atoms with van der Waals surface area (Å²) in [5.41, 5.74) is -3.11. The van der Waals surface area contributed by atoms with E-state index in [0.717, 1.165) is 5.56 Å². The summed E-state index contributed by atoms with van der Waals surface area (Å²) in [4.78, 5) is 78.3. The van der Waals surface area contributed by atoms with Gasteiger partial charge in [-0.05, 0) is 96.0 Å². The highest BCUT2D eigenvalue weighted by Crippen LogP contribution is 2.35. The molecular weight excluding hydrogens is 722 g/mol. The van der Waals surface area contributed by atoms with E-state index in [2.05, 4.69) is 5.32 Å². The van der Waals surface area contributed by atoms with Crippen LogP contribution in [0.1, 0.15) is 80.3 Å². The van der Waals surface area contributed by atoms with Gasteiger partial charge < -0.3 is 33.7 Å². The Balaban J connectivity index is 1.65. The van der Waals surface area contributed by atoms with Gasteiger partial charge in [-0.15, -0.1) is 0 Å². The van der Waals surface area contributed by atoms with Crippen molar-refractivity contribution >= 4 is 35.9 Å². The Kier molecular flexibility index (Phi) is 13.7. The Hall–Kier alpha value is -6.50. The molecule has 1 amide bonds. The van der Waals surface area contributed by atoms with E-state index >= 15 is 0 Å². The maximum atomic E-state index is 13.4. The van der Waals surface area contributed by atoms with Crippen molar-refractivity contribution in [3.05, 3.63) is 131 Å². The predicted molar refractivity (Wildman–Crippen MR) is 203 cm³/mol. The Morgan fingerprint density at radius 2 is 1.04 bits per heavy atom. The lowest BCUT2D eigenvalue weighted by Gasteiger charge is -2.29. The van der Waals surface area contributed by atoms with Crippen molar-refractivity contribution in [3.8, 4) is 11.5 Å². The topological polar surface area (TPSA) is 170 Å². The number of esters is 5. The molecule has 0 unspecified atom stereocenters. The van der Waals surface area contributed by atoms with E-state index < -0.39 is 58.8 Å². The molecule has 4 aromatic rings. The third-order valence-corrected chi connectivity index (χ3v) is 7.75. The van der Waals surface area contributed by atoms with Gasteiger partial charge in [0.05, 0.1) is 11.1 Å². The highest BCUT2D eigenvalue weighted by Gasteiger charge is 2.38. The molecule has 0 aliphatic rings. The van der Waals surface area contributed by atoms with Crippen LogP contribution >= 0.6 is 0 Å². The fourth-order valence-corrected chi connectivity index (χ4v) is 4.87. The minimum absolute atomic E-state index is 0.0662. The van der Waals surface area contributed by atoms with E-state index in [4.69, 9.17) is 28.4 Å². The zero-order chi connectivity index (χ0) is 41.1. The number of carbonyl (C=O) groups is 6. The highest BCUT2D eigenvalue weighted by atomic mass is 16.6. The van der Waals surface area contributed by atoms with Gasteiger partial charge >= 0.3 is 35.9 Å². The first kappa shape index (κ1) is 42.2. The van der Waals surface area contributed by atoms with E-state index in [1.165, 1.54) is 70.2 Å². The SMILES string of the molecule is CC(C)(C)OC(=O)N[C@@H](Cc1ccc(OC(C)(C)C(=O)OC(=O)c2ccccc2)c(OC(C)(C)C(=O)OC(=O)c2ccccc2)c1)C(=O)OCc1ccccc1. The van der Waals surface area contributed by atoms with Crippen LogP contribution in [-0.2, 0) is 46.4 Å². The van der Waals surface area contributed by atoms with Crippen molar-refractivity contribution in [1.29, 1.82) is 0 Å². The lowest BCUT2D eigenvalue weighted by molar-refractivity contribution is -0.155. The number of benzene rings is 4. The summed E-state index contributed by atoms with van der Waals surface area (Å²) in [6.45, 7) is 10.4. The fourth-order valence-electron chi connectivity index (χ4n) is 4.87. The molecule has 1 atom stereocenters. The Labute approximate surface area is 325 Å². The lowest BCUT2D eigenvalue weighted by atomic mass is 10.0. The summed E-state index contributed by atoms with van der Waals surface area (Å²) in [7, 11) is 0. The Bertz CT molecular complexity index is 2020. The van der Waals surface area contributed by atoms with Crippen LogP contribution in [0, 0.1) is 0 Å². The Morgan fingerprint density at radius 1 is 0.571 bits per heavy atom. The van der Waals surface area contributed by atoms with Crippen molar-refractivity contribution in [2.24, 2.45) is 0 Å². The van der Waals surface area contributed by atoms with E-state index in [0.29, 0.717) is 5.56 Å². The molecule has 13 heteroatoms. The molecule has 0 spiro atoms. The summed E-state index contributed by atoms with van der Waals surface area (Å²) in [5, 5.41) is 2.57. The molecule has 13 nitrogen and oxygen atoms in total. The highest BCUT2D eigenvalue weighted by molar-refractivity contribution is 5.99. The van der Waals surface area contributed by atoms with Crippen molar-refractivity contribution < 1.29 is 57.2 Å². The molecule has 4 aromatic carbocycles. The van der Waals surface area contributed by atoms with Gasteiger partial charge in [-0.1, -0.05) is 72.8 Å². The number of hydrogen-bond acceptors (Lipinski definition) is 12. The molecule has 0 fully saturated rings. The van der Waals surface area contributed by atoms with Crippen LogP contribution in [0.4, 0.5) is 4.79 Å².